The minimum absolute atomic E-state index is 0.334. The van der Waals surface area contributed by atoms with Crippen molar-refractivity contribution in [3.8, 4) is 5.75 Å². The molecule has 1 fully saturated rings. The third-order valence-electron chi connectivity index (χ3n) is 2.66. The van der Waals surface area contributed by atoms with Crippen LogP contribution in [-0.4, -0.2) is 37.2 Å². The molecule has 0 saturated carbocycles. The van der Waals surface area contributed by atoms with Crippen LogP contribution in [0.4, 0.5) is 4.79 Å². The Morgan fingerprint density at radius 3 is 2.82 bits per heavy atom. The van der Waals surface area contributed by atoms with Gasteiger partial charge < -0.3 is 15.0 Å². The van der Waals surface area contributed by atoms with Gasteiger partial charge in [0, 0.05) is 26.2 Å². The molecule has 2 rings (SSSR count). The average Bonchev–Trinajstić information content (AvgIpc) is 2.35. The zero-order chi connectivity index (χ0) is 12.3. The Bertz CT molecular complexity index is 417. The number of hydrogen-bond acceptors (Lipinski definition) is 3. The minimum atomic E-state index is -0.334. The van der Waals surface area contributed by atoms with E-state index in [4.69, 9.17) is 16.3 Å². The highest BCUT2D eigenvalue weighted by molar-refractivity contribution is 6.32. The molecular formula is C12H15ClN2O2. The topological polar surface area (TPSA) is 41.6 Å². The maximum Gasteiger partial charge on any atom is 0.415 e. The van der Waals surface area contributed by atoms with Gasteiger partial charge >= 0.3 is 6.09 Å². The molecule has 4 nitrogen and oxygen atoms in total. The number of halogens is 1. The summed E-state index contributed by atoms with van der Waals surface area (Å²) in [5.41, 5.74) is 1.01. The molecule has 0 aliphatic carbocycles. The van der Waals surface area contributed by atoms with Gasteiger partial charge in [0.15, 0.2) is 5.75 Å². The van der Waals surface area contributed by atoms with Gasteiger partial charge in [-0.3, -0.25) is 0 Å². The van der Waals surface area contributed by atoms with Crippen LogP contribution in [0.25, 0.3) is 0 Å². The minimum Gasteiger partial charge on any atom is -0.409 e. The van der Waals surface area contributed by atoms with Crippen molar-refractivity contribution in [2.45, 2.75) is 6.92 Å². The number of piperazine rings is 1. The van der Waals surface area contributed by atoms with Crippen LogP contribution in [0.1, 0.15) is 5.56 Å². The lowest BCUT2D eigenvalue weighted by molar-refractivity contribution is 0.146. The molecule has 0 unspecified atom stereocenters. The van der Waals surface area contributed by atoms with Gasteiger partial charge in [-0.1, -0.05) is 17.7 Å². The van der Waals surface area contributed by atoms with Crippen molar-refractivity contribution in [1.29, 1.82) is 0 Å². The van der Waals surface area contributed by atoms with E-state index in [9.17, 15) is 4.79 Å². The van der Waals surface area contributed by atoms with Gasteiger partial charge in [0.1, 0.15) is 0 Å². The maximum atomic E-state index is 11.8. The Hall–Kier alpha value is -1.26. The van der Waals surface area contributed by atoms with E-state index in [1.165, 1.54) is 0 Å². The van der Waals surface area contributed by atoms with Gasteiger partial charge in [0.25, 0.3) is 0 Å². The van der Waals surface area contributed by atoms with Crippen molar-refractivity contribution in [1.82, 2.24) is 10.2 Å². The van der Waals surface area contributed by atoms with E-state index in [0.717, 1.165) is 18.7 Å². The van der Waals surface area contributed by atoms with Crippen LogP contribution in [0, 0.1) is 6.92 Å². The number of nitrogens with one attached hydrogen (secondary N) is 1. The normalized spacial score (nSPS) is 15.8. The van der Waals surface area contributed by atoms with Crippen LogP contribution in [0.15, 0.2) is 18.2 Å². The molecule has 1 heterocycles. The summed E-state index contributed by atoms with van der Waals surface area (Å²) in [6.45, 7) is 4.87. The fourth-order valence-corrected chi connectivity index (χ4v) is 1.85. The molecule has 1 aliphatic heterocycles. The molecule has 1 aromatic carbocycles. The molecule has 1 saturated heterocycles. The van der Waals surface area contributed by atoms with E-state index in [0.29, 0.717) is 23.9 Å². The second-order valence-corrected chi connectivity index (χ2v) is 4.45. The molecule has 0 bridgehead atoms. The highest BCUT2D eigenvalue weighted by Crippen LogP contribution is 2.25. The van der Waals surface area contributed by atoms with Gasteiger partial charge in [0.05, 0.1) is 5.02 Å². The van der Waals surface area contributed by atoms with Crippen molar-refractivity contribution >= 4 is 17.7 Å². The Balaban J connectivity index is 2.04. The predicted octanol–water partition coefficient (Wildman–Crippen LogP) is 2.05. The zero-order valence-electron chi connectivity index (χ0n) is 9.70. The third-order valence-corrected chi connectivity index (χ3v) is 2.97. The van der Waals surface area contributed by atoms with E-state index < -0.39 is 0 Å². The molecule has 92 valence electrons. The van der Waals surface area contributed by atoms with Crippen LogP contribution < -0.4 is 10.1 Å². The number of aryl methyl sites for hydroxylation is 1. The van der Waals surface area contributed by atoms with Crippen molar-refractivity contribution in [2.75, 3.05) is 26.2 Å². The Labute approximate surface area is 106 Å². The molecule has 1 amide bonds. The Morgan fingerprint density at radius 2 is 2.12 bits per heavy atom. The fourth-order valence-electron chi connectivity index (χ4n) is 1.69. The summed E-state index contributed by atoms with van der Waals surface area (Å²) in [4.78, 5) is 13.5. The first-order valence-electron chi connectivity index (χ1n) is 5.60. The van der Waals surface area contributed by atoms with E-state index in [-0.39, 0.29) is 6.09 Å². The van der Waals surface area contributed by atoms with Crippen LogP contribution >= 0.6 is 11.6 Å². The van der Waals surface area contributed by atoms with Crippen LogP contribution in [0.5, 0.6) is 5.75 Å². The predicted molar refractivity (Wildman–Crippen MR) is 66.7 cm³/mol. The Morgan fingerprint density at radius 1 is 1.41 bits per heavy atom. The van der Waals surface area contributed by atoms with Gasteiger partial charge in [-0.25, -0.2) is 4.79 Å². The number of hydrogen-bond donors (Lipinski definition) is 1. The van der Waals surface area contributed by atoms with E-state index in [1.807, 2.05) is 13.0 Å². The van der Waals surface area contributed by atoms with Gasteiger partial charge in [0.2, 0.25) is 0 Å². The van der Waals surface area contributed by atoms with E-state index in [1.54, 1.807) is 17.0 Å². The molecule has 0 aromatic heterocycles. The molecule has 1 aromatic rings. The second kappa shape index (κ2) is 5.38. The zero-order valence-corrected chi connectivity index (χ0v) is 10.5. The number of carbonyl (C=O) groups is 1. The molecule has 0 radical (unpaired) electrons. The first-order chi connectivity index (χ1) is 8.16. The van der Waals surface area contributed by atoms with Crippen LogP contribution in [0.3, 0.4) is 0 Å². The lowest BCUT2D eigenvalue weighted by Gasteiger charge is -2.26. The summed E-state index contributed by atoms with van der Waals surface area (Å²) >= 11 is 5.97. The molecule has 0 atom stereocenters. The van der Waals surface area contributed by atoms with Gasteiger partial charge in [-0.2, -0.15) is 0 Å². The lowest BCUT2D eigenvalue weighted by Crippen LogP contribution is -2.47. The highest BCUT2D eigenvalue weighted by atomic mass is 35.5. The first-order valence-corrected chi connectivity index (χ1v) is 5.98. The highest BCUT2D eigenvalue weighted by Gasteiger charge is 2.18. The first kappa shape index (κ1) is 12.2. The second-order valence-electron chi connectivity index (χ2n) is 4.04. The summed E-state index contributed by atoms with van der Waals surface area (Å²) in [6.07, 6.45) is -0.334. The number of amides is 1. The molecule has 1 N–H and O–H groups in total. The third kappa shape index (κ3) is 3.11. The monoisotopic (exact) mass is 254 g/mol. The average molecular weight is 255 g/mol. The number of benzene rings is 1. The van der Waals surface area contributed by atoms with Crippen molar-refractivity contribution < 1.29 is 9.53 Å². The van der Waals surface area contributed by atoms with Gasteiger partial charge in [-0.15, -0.1) is 0 Å². The quantitative estimate of drug-likeness (QED) is 0.834. The number of carbonyl (C=O) groups excluding carboxylic acids is 1. The van der Waals surface area contributed by atoms with Crippen LogP contribution in [-0.2, 0) is 0 Å². The molecule has 5 heteroatoms. The summed E-state index contributed by atoms with van der Waals surface area (Å²) in [6, 6.07) is 5.38. The standard InChI is InChI=1S/C12H15ClN2O2/c1-9-2-3-10(13)11(8-9)17-12(16)15-6-4-14-5-7-15/h2-3,8,14H,4-7H2,1H3. The molecular weight excluding hydrogens is 240 g/mol. The van der Waals surface area contributed by atoms with Crippen molar-refractivity contribution in [3.05, 3.63) is 28.8 Å². The molecule has 17 heavy (non-hydrogen) atoms. The van der Waals surface area contributed by atoms with E-state index in [2.05, 4.69) is 5.32 Å². The van der Waals surface area contributed by atoms with Crippen LogP contribution in [0.2, 0.25) is 5.02 Å². The number of ether oxygens (including phenoxy) is 1. The summed E-state index contributed by atoms with van der Waals surface area (Å²) in [5.74, 6) is 0.426. The number of nitrogens with zero attached hydrogens (tertiary/aromatic N) is 1. The van der Waals surface area contributed by atoms with E-state index >= 15 is 0 Å². The largest absolute Gasteiger partial charge is 0.415 e. The fraction of sp³-hybridized carbons (Fsp3) is 0.417. The number of rotatable bonds is 1. The molecule has 1 aliphatic rings. The summed E-state index contributed by atoms with van der Waals surface area (Å²) in [5, 5.41) is 3.64. The maximum absolute atomic E-state index is 11.8. The Kier molecular flexibility index (Phi) is 3.86. The summed E-state index contributed by atoms with van der Waals surface area (Å²) in [7, 11) is 0. The smallest absolute Gasteiger partial charge is 0.409 e. The lowest BCUT2D eigenvalue weighted by atomic mass is 10.2. The van der Waals surface area contributed by atoms with Crippen molar-refractivity contribution in [2.24, 2.45) is 0 Å². The van der Waals surface area contributed by atoms with Gasteiger partial charge in [-0.05, 0) is 24.6 Å². The molecule has 0 spiro atoms. The SMILES string of the molecule is Cc1ccc(Cl)c(OC(=O)N2CCNCC2)c1. The summed E-state index contributed by atoms with van der Waals surface area (Å²) < 4.78 is 5.29. The van der Waals surface area contributed by atoms with Crippen molar-refractivity contribution in [3.63, 3.8) is 0 Å².